The fourth-order valence-corrected chi connectivity index (χ4v) is 2.50. The molecule has 5 heteroatoms. The van der Waals surface area contributed by atoms with Gasteiger partial charge in [-0.2, -0.15) is 0 Å². The van der Waals surface area contributed by atoms with E-state index in [4.69, 9.17) is 0 Å². The van der Waals surface area contributed by atoms with Crippen LogP contribution < -0.4 is 5.32 Å². The molecule has 0 spiro atoms. The van der Waals surface area contributed by atoms with E-state index >= 15 is 0 Å². The molecule has 3 rings (SSSR count). The minimum Gasteiger partial charge on any atom is -0.370 e. The highest BCUT2D eigenvalue weighted by Crippen LogP contribution is 2.40. The molecule has 18 heavy (non-hydrogen) atoms. The zero-order chi connectivity index (χ0) is 12.5. The summed E-state index contributed by atoms with van der Waals surface area (Å²) >= 11 is 1.64. The van der Waals surface area contributed by atoms with Crippen LogP contribution in [0.4, 0.5) is 5.82 Å². The van der Waals surface area contributed by atoms with E-state index in [2.05, 4.69) is 33.3 Å². The van der Waals surface area contributed by atoms with Gasteiger partial charge in [0.1, 0.15) is 11.5 Å². The zero-order valence-corrected chi connectivity index (χ0v) is 11.4. The van der Waals surface area contributed by atoms with Crippen molar-refractivity contribution in [3.63, 3.8) is 0 Å². The minimum absolute atomic E-state index is 0.629. The summed E-state index contributed by atoms with van der Waals surface area (Å²) in [6.45, 7) is 4.95. The van der Waals surface area contributed by atoms with Crippen LogP contribution in [0.5, 0.6) is 0 Å². The molecule has 0 saturated heterocycles. The van der Waals surface area contributed by atoms with Crippen LogP contribution in [0, 0.1) is 6.92 Å². The highest BCUT2D eigenvalue weighted by Gasteiger charge is 2.26. The smallest absolute Gasteiger partial charge is 0.181 e. The molecule has 94 valence electrons. The van der Waals surface area contributed by atoms with Crippen molar-refractivity contribution in [3.8, 4) is 11.5 Å². The van der Waals surface area contributed by atoms with Crippen molar-refractivity contribution in [2.45, 2.75) is 32.6 Å². The summed E-state index contributed by atoms with van der Waals surface area (Å²) in [5.41, 5.74) is 2.04. The Morgan fingerprint density at radius 3 is 2.78 bits per heavy atom. The minimum atomic E-state index is 0.629. The van der Waals surface area contributed by atoms with Crippen molar-refractivity contribution in [1.82, 2.24) is 15.0 Å². The predicted octanol–water partition coefficient (Wildman–Crippen LogP) is 3.22. The van der Waals surface area contributed by atoms with Gasteiger partial charge in [0.25, 0.3) is 0 Å². The van der Waals surface area contributed by atoms with Crippen LogP contribution in [0.3, 0.4) is 0 Å². The highest BCUT2D eigenvalue weighted by molar-refractivity contribution is 7.09. The first-order valence-electron chi connectivity index (χ1n) is 6.31. The molecule has 1 aliphatic rings. The third-order valence-corrected chi connectivity index (χ3v) is 3.72. The van der Waals surface area contributed by atoms with Crippen LogP contribution in [-0.2, 0) is 0 Å². The average Bonchev–Trinajstić information content (AvgIpc) is 3.12. The summed E-state index contributed by atoms with van der Waals surface area (Å²) < 4.78 is 0. The van der Waals surface area contributed by atoms with Crippen LogP contribution in [0.1, 0.15) is 36.4 Å². The van der Waals surface area contributed by atoms with Crippen LogP contribution in [-0.4, -0.2) is 21.5 Å². The molecule has 4 nitrogen and oxygen atoms in total. The van der Waals surface area contributed by atoms with Gasteiger partial charge >= 0.3 is 0 Å². The summed E-state index contributed by atoms with van der Waals surface area (Å²) in [6.07, 6.45) is 2.50. The predicted molar refractivity (Wildman–Crippen MR) is 74.0 cm³/mol. The molecule has 0 radical (unpaired) electrons. The first-order chi connectivity index (χ1) is 8.76. The summed E-state index contributed by atoms with van der Waals surface area (Å²) in [4.78, 5) is 13.7. The lowest BCUT2D eigenvalue weighted by Gasteiger charge is -2.07. The molecule has 0 amide bonds. The quantitative estimate of drug-likeness (QED) is 0.917. The second-order valence-electron chi connectivity index (χ2n) is 4.56. The maximum absolute atomic E-state index is 4.65. The maximum atomic E-state index is 4.65. The summed E-state index contributed by atoms with van der Waals surface area (Å²) in [7, 11) is 0. The van der Waals surface area contributed by atoms with Crippen molar-refractivity contribution in [2.24, 2.45) is 0 Å². The first kappa shape index (κ1) is 11.6. The molecule has 0 bridgehead atoms. The zero-order valence-electron chi connectivity index (χ0n) is 10.6. The van der Waals surface area contributed by atoms with Crippen LogP contribution in [0.25, 0.3) is 11.5 Å². The van der Waals surface area contributed by atoms with Crippen molar-refractivity contribution in [3.05, 3.63) is 22.1 Å². The number of anilines is 1. The Labute approximate surface area is 111 Å². The Bertz CT molecular complexity index is 560. The molecule has 2 aromatic heterocycles. The normalized spacial score (nSPS) is 14.8. The molecule has 0 atom stereocenters. The van der Waals surface area contributed by atoms with E-state index in [-0.39, 0.29) is 0 Å². The Hall–Kier alpha value is -1.49. The summed E-state index contributed by atoms with van der Waals surface area (Å²) in [5.74, 6) is 2.29. The molecule has 1 fully saturated rings. The molecule has 0 aromatic carbocycles. The molecule has 0 aliphatic heterocycles. The summed E-state index contributed by atoms with van der Waals surface area (Å²) in [6, 6.07) is 2.07. The standard InChI is InChI=1S/C13H16N4S/c1-3-14-12-6-10(9-4-5-9)16-13(17-12)11-7-18-8(2)15-11/h6-7,9H,3-5H2,1-2H3,(H,14,16,17). The van der Waals surface area contributed by atoms with E-state index in [1.807, 2.05) is 12.3 Å². The lowest BCUT2D eigenvalue weighted by molar-refractivity contribution is 0.983. The van der Waals surface area contributed by atoms with Crippen molar-refractivity contribution >= 4 is 17.2 Å². The average molecular weight is 260 g/mol. The van der Waals surface area contributed by atoms with E-state index in [1.165, 1.54) is 12.8 Å². The number of thiazole rings is 1. The first-order valence-corrected chi connectivity index (χ1v) is 7.19. The van der Waals surface area contributed by atoms with Gasteiger partial charge in [0.15, 0.2) is 5.82 Å². The van der Waals surface area contributed by atoms with Crippen molar-refractivity contribution < 1.29 is 0 Å². The molecule has 2 aromatic rings. The lowest BCUT2D eigenvalue weighted by Crippen LogP contribution is -2.03. The van der Waals surface area contributed by atoms with E-state index in [0.717, 1.165) is 34.6 Å². The van der Waals surface area contributed by atoms with Gasteiger partial charge in [-0.25, -0.2) is 15.0 Å². The lowest BCUT2D eigenvalue weighted by atomic mass is 10.2. The monoisotopic (exact) mass is 260 g/mol. The molecule has 0 unspecified atom stereocenters. The fourth-order valence-electron chi connectivity index (χ4n) is 1.91. The molecule has 1 saturated carbocycles. The molecular weight excluding hydrogens is 244 g/mol. The number of aromatic nitrogens is 3. The number of hydrogen-bond donors (Lipinski definition) is 1. The topological polar surface area (TPSA) is 50.7 Å². The van der Waals surface area contributed by atoms with Gasteiger partial charge in [0.2, 0.25) is 0 Å². The van der Waals surface area contributed by atoms with Gasteiger partial charge in [0.05, 0.1) is 5.01 Å². The number of aryl methyl sites for hydroxylation is 1. The van der Waals surface area contributed by atoms with E-state index in [1.54, 1.807) is 11.3 Å². The van der Waals surface area contributed by atoms with E-state index < -0.39 is 0 Å². The third kappa shape index (κ3) is 2.36. The number of nitrogens with zero attached hydrogens (tertiary/aromatic N) is 3. The van der Waals surface area contributed by atoms with E-state index in [9.17, 15) is 0 Å². The largest absolute Gasteiger partial charge is 0.370 e. The summed E-state index contributed by atoms with van der Waals surface area (Å²) in [5, 5.41) is 6.35. The van der Waals surface area contributed by atoms with Gasteiger partial charge in [-0.15, -0.1) is 11.3 Å². The van der Waals surface area contributed by atoms with Crippen molar-refractivity contribution in [2.75, 3.05) is 11.9 Å². The highest BCUT2D eigenvalue weighted by atomic mass is 32.1. The third-order valence-electron chi connectivity index (χ3n) is 2.95. The fraction of sp³-hybridized carbons (Fsp3) is 0.462. The Morgan fingerprint density at radius 1 is 1.33 bits per heavy atom. The Morgan fingerprint density at radius 2 is 2.17 bits per heavy atom. The second kappa shape index (κ2) is 4.65. The molecule has 1 N–H and O–H groups in total. The van der Waals surface area contributed by atoms with E-state index in [0.29, 0.717) is 5.92 Å². The Balaban J connectivity index is 2.01. The number of nitrogens with one attached hydrogen (secondary N) is 1. The van der Waals surface area contributed by atoms with Crippen LogP contribution >= 0.6 is 11.3 Å². The van der Waals surface area contributed by atoms with Crippen LogP contribution in [0.2, 0.25) is 0 Å². The van der Waals surface area contributed by atoms with Gasteiger partial charge in [-0.05, 0) is 26.7 Å². The second-order valence-corrected chi connectivity index (χ2v) is 5.62. The van der Waals surface area contributed by atoms with Crippen LogP contribution in [0.15, 0.2) is 11.4 Å². The molecule has 2 heterocycles. The van der Waals surface area contributed by atoms with Gasteiger partial charge in [-0.1, -0.05) is 0 Å². The number of hydrogen-bond acceptors (Lipinski definition) is 5. The van der Waals surface area contributed by atoms with Gasteiger partial charge in [-0.3, -0.25) is 0 Å². The molecular formula is C13H16N4S. The Kier molecular flexibility index (Phi) is 2.99. The molecule has 1 aliphatic carbocycles. The maximum Gasteiger partial charge on any atom is 0.181 e. The SMILES string of the molecule is CCNc1cc(C2CC2)nc(-c2csc(C)n2)n1. The van der Waals surface area contributed by atoms with Gasteiger partial charge < -0.3 is 5.32 Å². The van der Waals surface area contributed by atoms with Gasteiger partial charge in [0, 0.05) is 29.6 Å². The van der Waals surface area contributed by atoms with Crippen molar-refractivity contribution in [1.29, 1.82) is 0 Å². The number of rotatable bonds is 4.